The molecule has 1 aromatic heterocycles. The summed E-state index contributed by atoms with van der Waals surface area (Å²) in [5, 5.41) is 0. The van der Waals surface area contributed by atoms with Crippen LogP contribution in [0.15, 0.2) is 41.5 Å². The minimum Gasteiger partial charge on any atom is -0.343 e. The lowest BCUT2D eigenvalue weighted by atomic mass is 9.92. The van der Waals surface area contributed by atoms with E-state index in [1.165, 1.54) is 11.1 Å². The molecule has 0 saturated carbocycles. The molecule has 1 aromatic carbocycles. The van der Waals surface area contributed by atoms with Crippen molar-refractivity contribution in [3.05, 3.63) is 58.1 Å². The van der Waals surface area contributed by atoms with Crippen LogP contribution in [0.1, 0.15) is 17.2 Å². The first-order valence-electron chi connectivity index (χ1n) is 6.78. The maximum atomic E-state index is 12.3. The summed E-state index contributed by atoms with van der Waals surface area (Å²) >= 11 is 0. The Bertz CT molecular complexity index is 680. The second-order valence-electron chi connectivity index (χ2n) is 5.06. The molecule has 0 amide bonds. The predicted octanol–water partition coefficient (Wildman–Crippen LogP) is 0.843. The SMILES string of the molecule is Cn1ccnc(N2CCc3ccccc3C2CN)c1=O. The van der Waals surface area contributed by atoms with Gasteiger partial charge in [-0.2, -0.15) is 0 Å². The van der Waals surface area contributed by atoms with Gasteiger partial charge in [-0.25, -0.2) is 4.98 Å². The number of hydrogen-bond acceptors (Lipinski definition) is 4. The molecule has 1 unspecified atom stereocenters. The average Bonchev–Trinajstić information content (AvgIpc) is 2.49. The number of benzene rings is 1. The Hall–Kier alpha value is -2.14. The minimum atomic E-state index is -0.0784. The topological polar surface area (TPSA) is 64.2 Å². The van der Waals surface area contributed by atoms with Crippen LogP contribution in [0, 0.1) is 0 Å². The number of rotatable bonds is 2. The van der Waals surface area contributed by atoms with E-state index in [0.717, 1.165) is 13.0 Å². The van der Waals surface area contributed by atoms with Crippen molar-refractivity contribution in [1.82, 2.24) is 9.55 Å². The largest absolute Gasteiger partial charge is 0.343 e. The van der Waals surface area contributed by atoms with E-state index in [2.05, 4.69) is 17.1 Å². The zero-order valence-corrected chi connectivity index (χ0v) is 11.5. The molecule has 0 saturated heterocycles. The van der Waals surface area contributed by atoms with Crippen molar-refractivity contribution in [1.29, 1.82) is 0 Å². The monoisotopic (exact) mass is 270 g/mol. The van der Waals surface area contributed by atoms with E-state index in [4.69, 9.17) is 5.73 Å². The highest BCUT2D eigenvalue weighted by Gasteiger charge is 2.28. The summed E-state index contributed by atoms with van der Waals surface area (Å²) in [6.07, 6.45) is 4.23. The molecular formula is C15H18N4O. The predicted molar refractivity (Wildman–Crippen MR) is 78.8 cm³/mol. The highest BCUT2D eigenvalue weighted by atomic mass is 16.1. The first-order chi connectivity index (χ1) is 9.72. The van der Waals surface area contributed by atoms with Crippen molar-refractivity contribution in [3.8, 4) is 0 Å². The van der Waals surface area contributed by atoms with E-state index in [-0.39, 0.29) is 11.6 Å². The van der Waals surface area contributed by atoms with Gasteiger partial charge in [0.2, 0.25) is 0 Å². The number of aromatic nitrogens is 2. The lowest BCUT2D eigenvalue weighted by Crippen LogP contribution is -2.43. The molecule has 2 aromatic rings. The van der Waals surface area contributed by atoms with Crippen molar-refractivity contribution < 1.29 is 0 Å². The highest BCUT2D eigenvalue weighted by molar-refractivity contribution is 5.46. The van der Waals surface area contributed by atoms with Gasteiger partial charge in [0.1, 0.15) is 0 Å². The number of nitrogens with two attached hydrogens (primary N) is 1. The third kappa shape index (κ3) is 2.00. The fourth-order valence-electron chi connectivity index (χ4n) is 2.84. The summed E-state index contributed by atoms with van der Waals surface area (Å²) in [4.78, 5) is 18.6. The van der Waals surface area contributed by atoms with Crippen molar-refractivity contribution in [2.45, 2.75) is 12.5 Å². The van der Waals surface area contributed by atoms with E-state index in [9.17, 15) is 4.79 Å². The molecule has 0 bridgehead atoms. The van der Waals surface area contributed by atoms with E-state index in [1.54, 1.807) is 24.0 Å². The molecule has 5 heteroatoms. The Labute approximate surface area is 117 Å². The molecule has 3 rings (SSSR count). The van der Waals surface area contributed by atoms with Crippen LogP contribution in [-0.2, 0) is 13.5 Å². The summed E-state index contributed by atoms with van der Waals surface area (Å²) in [5.41, 5.74) is 8.39. The van der Waals surface area contributed by atoms with E-state index in [1.807, 2.05) is 17.0 Å². The summed E-state index contributed by atoms with van der Waals surface area (Å²) in [7, 11) is 1.74. The molecular weight excluding hydrogens is 252 g/mol. The summed E-state index contributed by atoms with van der Waals surface area (Å²) < 4.78 is 1.55. The molecule has 0 radical (unpaired) electrons. The Balaban J connectivity index is 2.08. The van der Waals surface area contributed by atoms with Gasteiger partial charge in [0, 0.05) is 32.5 Å². The molecule has 2 N–H and O–H groups in total. The third-order valence-corrected chi connectivity index (χ3v) is 3.91. The molecule has 0 aliphatic carbocycles. The fourth-order valence-corrected chi connectivity index (χ4v) is 2.84. The summed E-state index contributed by atoms with van der Waals surface area (Å²) in [6, 6.07) is 8.30. The van der Waals surface area contributed by atoms with Gasteiger partial charge in [-0.1, -0.05) is 24.3 Å². The number of nitrogens with zero attached hydrogens (tertiary/aromatic N) is 3. The quantitative estimate of drug-likeness (QED) is 0.878. The molecule has 0 fully saturated rings. The van der Waals surface area contributed by atoms with E-state index >= 15 is 0 Å². The van der Waals surface area contributed by atoms with Crippen LogP contribution in [0.25, 0.3) is 0 Å². The summed E-state index contributed by atoms with van der Waals surface area (Å²) in [5.74, 6) is 0.486. The molecule has 20 heavy (non-hydrogen) atoms. The van der Waals surface area contributed by atoms with Crippen LogP contribution in [0.3, 0.4) is 0 Å². The zero-order chi connectivity index (χ0) is 14.1. The maximum Gasteiger partial charge on any atom is 0.293 e. The Morgan fingerprint density at radius 2 is 2.20 bits per heavy atom. The number of anilines is 1. The maximum absolute atomic E-state index is 12.3. The van der Waals surface area contributed by atoms with Gasteiger partial charge in [-0.05, 0) is 17.5 Å². The van der Waals surface area contributed by atoms with Gasteiger partial charge in [-0.15, -0.1) is 0 Å². The lowest BCUT2D eigenvalue weighted by molar-refractivity contribution is 0.577. The minimum absolute atomic E-state index is 0.0163. The molecule has 2 heterocycles. The molecule has 1 aliphatic heterocycles. The average molecular weight is 270 g/mol. The Morgan fingerprint density at radius 1 is 1.40 bits per heavy atom. The van der Waals surface area contributed by atoms with Crippen molar-refractivity contribution in [2.24, 2.45) is 12.8 Å². The van der Waals surface area contributed by atoms with Gasteiger partial charge in [0.15, 0.2) is 5.82 Å². The van der Waals surface area contributed by atoms with Gasteiger partial charge in [-0.3, -0.25) is 4.79 Å². The van der Waals surface area contributed by atoms with Crippen LogP contribution in [0.2, 0.25) is 0 Å². The van der Waals surface area contributed by atoms with E-state index < -0.39 is 0 Å². The van der Waals surface area contributed by atoms with Crippen molar-refractivity contribution in [3.63, 3.8) is 0 Å². The van der Waals surface area contributed by atoms with Gasteiger partial charge in [0.05, 0.1) is 6.04 Å². The molecule has 5 nitrogen and oxygen atoms in total. The van der Waals surface area contributed by atoms with Crippen molar-refractivity contribution in [2.75, 3.05) is 18.0 Å². The third-order valence-electron chi connectivity index (χ3n) is 3.91. The van der Waals surface area contributed by atoms with Crippen LogP contribution in [0.4, 0.5) is 5.82 Å². The normalized spacial score (nSPS) is 17.9. The zero-order valence-electron chi connectivity index (χ0n) is 11.5. The molecule has 104 valence electrons. The number of fused-ring (bicyclic) bond motifs is 1. The molecule has 0 spiro atoms. The second-order valence-corrected chi connectivity index (χ2v) is 5.06. The van der Waals surface area contributed by atoms with E-state index in [0.29, 0.717) is 12.4 Å². The van der Waals surface area contributed by atoms with Crippen LogP contribution in [0.5, 0.6) is 0 Å². The number of hydrogen-bond donors (Lipinski definition) is 1. The Kier molecular flexibility index (Phi) is 3.28. The lowest BCUT2D eigenvalue weighted by Gasteiger charge is -2.37. The second kappa shape index (κ2) is 5.09. The van der Waals surface area contributed by atoms with Gasteiger partial charge in [0.25, 0.3) is 5.56 Å². The standard InChI is InChI=1S/C15H18N4O/c1-18-9-7-17-14(15(18)20)19-8-6-11-4-2-3-5-12(11)13(19)10-16/h2-5,7,9,13H,6,8,10,16H2,1H3. The van der Waals surface area contributed by atoms with Crippen LogP contribution in [-0.4, -0.2) is 22.6 Å². The van der Waals surface area contributed by atoms with Gasteiger partial charge < -0.3 is 15.2 Å². The molecule has 1 atom stereocenters. The van der Waals surface area contributed by atoms with Crippen molar-refractivity contribution >= 4 is 5.82 Å². The van der Waals surface area contributed by atoms with Gasteiger partial charge >= 0.3 is 0 Å². The van der Waals surface area contributed by atoms with Crippen LogP contribution < -0.4 is 16.2 Å². The Morgan fingerprint density at radius 3 is 3.00 bits per heavy atom. The fraction of sp³-hybridized carbons (Fsp3) is 0.333. The first-order valence-corrected chi connectivity index (χ1v) is 6.78. The highest BCUT2D eigenvalue weighted by Crippen LogP contribution is 2.30. The number of aryl methyl sites for hydroxylation is 1. The summed E-state index contributed by atoms with van der Waals surface area (Å²) in [6.45, 7) is 1.24. The smallest absolute Gasteiger partial charge is 0.293 e. The first kappa shape index (κ1) is 12.9. The molecule has 1 aliphatic rings. The van der Waals surface area contributed by atoms with Crippen LogP contribution >= 0.6 is 0 Å².